The van der Waals surface area contributed by atoms with E-state index >= 15 is 0 Å². The van der Waals surface area contributed by atoms with Gasteiger partial charge in [-0.1, -0.05) is 37.3 Å². The molecule has 0 saturated heterocycles. The molecular weight excluding hydrogens is 186 g/mol. The molecule has 0 heterocycles. The molecule has 80 valence electrons. The Balaban J connectivity index is 1.88. The second-order valence-corrected chi connectivity index (χ2v) is 4.11. The highest BCUT2D eigenvalue weighted by Crippen LogP contribution is 2.47. The molecule has 2 rings (SSSR count). The molecule has 2 unspecified atom stereocenters. The topological polar surface area (TPSA) is 29.1 Å². The molecule has 1 saturated carbocycles. The second kappa shape index (κ2) is 4.58. The summed E-state index contributed by atoms with van der Waals surface area (Å²) in [7, 11) is 0. The molecule has 2 nitrogen and oxygen atoms in total. The van der Waals surface area contributed by atoms with Gasteiger partial charge < -0.3 is 5.32 Å². The molecule has 0 bridgehead atoms. The van der Waals surface area contributed by atoms with Crippen LogP contribution in [-0.2, 0) is 4.79 Å². The maximum Gasteiger partial charge on any atom is 0.150 e. The maximum absolute atomic E-state index is 11.7. The molecule has 0 aromatic heterocycles. The molecule has 1 aromatic carbocycles. The third-order valence-corrected chi connectivity index (χ3v) is 2.98. The smallest absolute Gasteiger partial charge is 0.150 e. The summed E-state index contributed by atoms with van der Waals surface area (Å²) in [5, 5.41) is 3.09. The van der Waals surface area contributed by atoms with Crippen molar-refractivity contribution in [2.75, 3.05) is 13.1 Å². The number of hydrogen-bond donors (Lipinski definition) is 1. The van der Waals surface area contributed by atoms with E-state index in [1.165, 1.54) is 5.56 Å². The minimum atomic E-state index is 0.270. The predicted molar refractivity (Wildman–Crippen MR) is 60.8 cm³/mol. The van der Waals surface area contributed by atoms with Gasteiger partial charge in [0, 0.05) is 5.92 Å². The zero-order chi connectivity index (χ0) is 10.7. The Bertz CT molecular complexity index is 334. The van der Waals surface area contributed by atoms with Crippen LogP contribution in [0.5, 0.6) is 0 Å². The van der Waals surface area contributed by atoms with Crippen molar-refractivity contribution < 1.29 is 4.79 Å². The van der Waals surface area contributed by atoms with Gasteiger partial charge in [0.05, 0.1) is 6.54 Å². The van der Waals surface area contributed by atoms with Gasteiger partial charge in [-0.2, -0.15) is 0 Å². The van der Waals surface area contributed by atoms with Crippen LogP contribution < -0.4 is 5.32 Å². The first-order valence-electron chi connectivity index (χ1n) is 5.61. The van der Waals surface area contributed by atoms with Crippen molar-refractivity contribution in [3.05, 3.63) is 35.9 Å². The van der Waals surface area contributed by atoms with Crippen molar-refractivity contribution in [2.24, 2.45) is 5.92 Å². The highest BCUT2D eigenvalue weighted by atomic mass is 16.1. The Hall–Kier alpha value is -1.15. The van der Waals surface area contributed by atoms with Gasteiger partial charge in [-0.05, 0) is 24.4 Å². The third-order valence-electron chi connectivity index (χ3n) is 2.98. The first kappa shape index (κ1) is 10.4. The summed E-state index contributed by atoms with van der Waals surface area (Å²) < 4.78 is 0. The Labute approximate surface area is 90.7 Å². The van der Waals surface area contributed by atoms with E-state index in [0.717, 1.165) is 13.0 Å². The standard InChI is InChI=1S/C13H17NO/c1-2-14-9-13(15)12-8-11(12)10-6-4-3-5-7-10/h3-7,11-12,14H,2,8-9H2,1H3. The average Bonchev–Trinajstić information content (AvgIpc) is 3.07. The minimum absolute atomic E-state index is 0.270. The monoisotopic (exact) mass is 203 g/mol. The molecule has 1 aliphatic carbocycles. The third kappa shape index (κ3) is 2.45. The van der Waals surface area contributed by atoms with Crippen molar-refractivity contribution in [1.29, 1.82) is 0 Å². The van der Waals surface area contributed by atoms with E-state index in [0.29, 0.717) is 18.2 Å². The van der Waals surface area contributed by atoms with Gasteiger partial charge in [0.2, 0.25) is 0 Å². The first-order valence-corrected chi connectivity index (χ1v) is 5.61. The molecule has 2 heteroatoms. The molecule has 0 amide bonds. The van der Waals surface area contributed by atoms with Crippen LogP contribution in [0.3, 0.4) is 0 Å². The SMILES string of the molecule is CCNCC(=O)C1CC1c1ccccc1. The summed E-state index contributed by atoms with van der Waals surface area (Å²) in [6.45, 7) is 3.42. The van der Waals surface area contributed by atoms with E-state index < -0.39 is 0 Å². The van der Waals surface area contributed by atoms with Crippen LogP contribution in [0.4, 0.5) is 0 Å². The number of hydrogen-bond acceptors (Lipinski definition) is 2. The lowest BCUT2D eigenvalue weighted by Crippen LogP contribution is -2.23. The molecule has 0 spiro atoms. The van der Waals surface area contributed by atoms with E-state index in [1.807, 2.05) is 25.1 Å². The quantitative estimate of drug-likeness (QED) is 0.792. The molecule has 2 atom stereocenters. The van der Waals surface area contributed by atoms with E-state index in [4.69, 9.17) is 0 Å². The molecule has 1 N–H and O–H groups in total. The van der Waals surface area contributed by atoms with Crippen LogP contribution >= 0.6 is 0 Å². The highest BCUT2D eigenvalue weighted by Gasteiger charge is 2.42. The zero-order valence-corrected chi connectivity index (χ0v) is 9.07. The molecule has 0 aliphatic heterocycles. The number of carbonyl (C=O) groups excluding carboxylic acids is 1. The Morgan fingerprint density at radius 1 is 1.40 bits per heavy atom. The van der Waals surface area contributed by atoms with Crippen molar-refractivity contribution in [3.8, 4) is 0 Å². The van der Waals surface area contributed by atoms with E-state index in [1.54, 1.807) is 0 Å². The van der Waals surface area contributed by atoms with Gasteiger partial charge in [0.25, 0.3) is 0 Å². The Kier molecular flexibility index (Phi) is 3.17. The summed E-state index contributed by atoms with van der Waals surface area (Å²) in [6, 6.07) is 10.3. The number of carbonyl (C=O) groups is 1. The second-order valence-electron chi connectivity index (χ2n) is 4.11. The van der Waals surface area contributed by atoms with Crippen LogP contribution in [-0.4, -0.2) is 18.9 Å². The van der Waals surface area contributed by atoms with E-state index in [9.17, 15) is 4.79 Å². The van der Waals surface area contributed by atoms with Crippen LogP contribution in [0.1, 0.15) is 24.8 Å². The van der Waals surface area contributed by atoms with Crippen molar-refractivity contribution in [2.45, 2.75) is 19.3 Å². The number of Topliss-reactive ketones (excluding diaryl/α,β-unsaturated/α-hetero) is 1. The Morgan fingerprint density at radius 3 is 2.80 bits per heavy atom. The lowest BCUT2D eigenvalue weighted by molar-refractivity contribution is -0.119. The largest absolute Gasteiger partial charge is 0.310 e. The van der Waals surface area contributed by atoms with Crippen molar-refractivity contribution in [3.63, 3.8) is 0 Å². The van der Waals surface area contributed by atoms with Crippen LogP contribution in [0, 0.1) is 5.92 Å². The molecule has 1 aliphatic rings. The maximum atomic E-state index is 11.7. The van der Waals surface area contributed by atoms with Crippen molar-refractivity contribution in [1.82, 2.24) is 5.32 Å². The summed E-state index contributed by atoms with van der Waals surface area (Å²) in [6.07, 6.45) is 1.04. The number of rotatable bonds is 5. The summed E-state index contributed by atoms with van der Waals surface area (Å²) >= 11 is 0. The first-order chi connectivity index (χ1) is 7.33. The number of likely N-dealkylation sites (N-methyl/N-ethyl adjacent to an activating group) is 1. The lowest BCUT2D eigenvalue weighted by atomic mass is 10.1. The predicted octanol–water partition coefficient (Wildman–Crippen LogP) is 1.97. The zero-order valence-electron chi connectivity index (χ0n) is 9.07. The average molecular weight is 203 g/mol. The fraction of sp³-hybridized carbons (Fsp3) is 0.462. The summed E-state index contributed by atoms with van der Waals surface area (Å²) in [5.41, 5.74) is 1.31. The van der Waals surface area contributed by atoms with Gasteiger partial charge in [-0.25, -0.2) is 0 Å². The van der Waals surface area contributed by atoms with Gasteiger partial charge in [-0.15, -0.1) is 0 Å². The van der Waals surface area contributed by atoms with Crippen LogP contribution in [0.2, 0.25) is 0 Å². The fourth-order valence-electron chi connectivity index (χ4n) is 2.00. The molecule has 0 radical (unpaired) electrons. The fourth-order valence-corrected chi connectivity index (χ4v) is 2.00. The number of nitrogens with one attached hydrogen (secondary N) is 1. The van der Waals surface area contributed by atoms with Crippen LogP contribution in [0.15, 0.2) is 30.3 Å². The summed E-state index contributed by atoms with van der Waals surface area (Å²) in [5.74, 6) is 1.12. The van der Waals surface area contributed by atoms with Gasteiger partial charge in [-0.3, -0.25) is 4.79 Å². The summed E-state index contributed by atoms with van der Waals surface area (Å²) in [4.78, 5) is 11.7. The van der Waals surface area contributed by atoms with E-state index in [2.05, 4.69) is 17.4 Å². The highest BCUT2D eigenvalue weighted by molar-refractivity contribution is 5.86. The van der Waals surface area contributed by atoms with Crippen molar-refractivity contribution >= 4 is 5.78 Å². The minimum Gasteiger partial charge on any atom is -0.310 e. The number of ketones is 1. The molecular formula is C13H17NO. The normalized spacial score (nSPS) is 23.8. The molecule has 1 fully saturated rings. The van der Waals surface area contributed by atoms with E-state index in [-0.39, 0.29) is 5.92 Å². The lowest BCUT2D eigenvalue weighted by Gasteiger charge is -2.01. The number of benzene rings is 1. The van der Waals surface area contributed by atoms with Gasteiger partial charge in [0.15, 0.2) is 0 Å². The Morgan fingerprint density at radius 2 is 2.13 bits per heavy atom. The van der Waals surface area contributed by atoms with Crippen LogP contribution in [0.25, 0.3) is 0 Å². The van der Waals surface area contributed by atoms with Gasteiger partial charge >= 0.3 is 0 Å². The van der Waals surface area contributed by atoms with Gasteiger partial charge in [0.1, 0.15) is 5.78 Å². The molecule has 15 heavy (non-hydrogen) atoms. The molecule has 1 aromatic rings.